The zero-order valence-corrected chi connectivity index (χ0v) is 7.75. The van der Waals surface area contributed by atoms with Gasteiger partial charge in [0.2, 0.25) is 0 Å². The molecule has 0 aliphatic heterocycles. The van der Waals surface area contributed by atoms with Crippen LogP contribution in [0, 0.1) is 0 Å². The van der Waals surface area contributed by atoms with Crippen molar-refractivity contribution in [2.45, 2.75) is 37.5 Å². The zero-order valence-electron chi connectivity index (χ0n) is 7.75. The SMILES string of the molecule is O=CC1(c2ccc[nH]2)CCCCC1. The summed E-state index contributed by atoms with van der Waals surface area (Å²) in [5.41, 5.74) is 0.907. The largest absolute Gasteiger partial charge is 0.364 e. The smallest absolute Gasteiger partial charge is 0.132 e. The van der Waals surface area contributed by atoms with Gasteiger partial charge in [0, 0.05) is 11.9 Å². The Kier molecular flexibility index (Phi) is 2.21. The molecule has 0 saturated heterocycles. The molecule has 0 atom stereocenters. The highest BCUT2D eigenvalue weighted by Gasteiger charge is 2.34. The lowest BCUT2D eigenvalue weighted by Crippen LogP contribution is -2.30. The summed E-state index contributed by atoms with van der Waals surface area (Å²) >= 11 is 0. The average molecular weight is 177 g/mol. The average Bonchev–Trinajstić information content (AvgIpc) is 2.72. The molecule has 13 heavy (non-hydrogen) atoms. The second-order valence-electron chi connectivity index (χ2n) is 3.92. The molecule has 1 saturated carbocycles. The Morgan fingerprint density at radius 3 is 2.62 bits per heavy atom. The standard InChI is InChI=1S/C11H15NO/c13-9-11(6-2-1-3-7-11)10-5-4-8-12-10/h4-5,8-9,12H,1-3,6-7H2. The van der Waals surface area contributed by atoms with Crippen LogP contribution in [0.15, 0.2) is 18.3 Å². The molecule has 0 bridgehead atoms. The van der Waals surface area contributed by atoms with Gasteiger partial charge in [-0.25, -0.2) is 0 Å². The Labute approximate surface area is 78.4 Å². The Hall–Kier alpha value is -1.05. The lowest BCUT2D eigenvalue weighted by atomic mass is 9.73. The van der Waals surface area contributed by atoms with Crippen LogP contribution in [0.3, 0.4) is 0 Å². The van der Waals surface area contributed by atoms with Gasteiger partial charge in [0.05, 0.1) is 5.41 Å². The molecule has 70 valence electrons. The van der Waals surface area contributed by atoms with Crippen molar-refractivity contribution in [1.29, 1.82) is 0 Å². The van der Waals surface area contributed by atoms with E-state index >= 15 is 0 Å². The van der Waals surface area contributed by atoms with Gasteiger partial charge in [-0.05, 0) is 25.0 Å². The van der Waals surface area contributed by atoms with Crippen LogP contribution in [-0.4, -0.2) is 11.3 Å². The van der Waals surface area contributed by atoms with Crippen molar-refractivity contribution in [3.63, 3.8) is 0 Å². The van der Waals surface area contributed by atoms with E-state index < -0.39 is 0 Å². The number of aldehydes is 1. The first kappa shape index (κ1) is 8.54. The Bertz CT molecular complexity index is 270. The van der Waals surface area contributed by atoms with Crippen LogP contribution in [-0.2, 0) is 10.2 Å². The summed E-state index contributed by atoms with van der Waals surface area (Å²) < 4.78 is 0. The quantitative estimate of drug-likeness (QED) is 0.691. The summed E-state index contributed by atoms with van der Waals surface area (Å²) in [7, 11) is 0. The van der Waals surface area contributed by atoms with E-state index in [1.807, 2.05) is 18.3 Å². The summed E-state index contributed by atoms with van der Waals surface area (Å²) in [6, 6.07) is 3.99. The number of aromatic amines is 1. The highest BCUT2D eigenvalue weighted by Crippen LogP contribution is 2.36. The van der Waals surface area contributed by atoms with Crippen LogP contribution in [0.5, 0.6) is 0 Å². The number of H-pyrrole nitrogens is 1. The van der Waals surface area contributed by atoms with Gasteiger partial charge in [-0.1, -0.05) is 19.3 Å². The molecular formula is C11H15NO. The first-order valence-corrected chi connectivity index (χ1v) is 4.98. The van der Waals surface area contributed by atoms with E-state index in [4.69, 9.17) is 0 Å². The third-order valence-electron chi connectivity index (χ3n) is 3.11. The van der Waals surface area contributed by atoms with Crippen LogP contribution in [0.4, 0.5) is 0 Å². The van der Waals surface area contributed by atoms with Crippen molar-refractivity contribution in [3.05, 3.63) is 24.0 Å². The predicted molar refractivity (Wildman–Crippen MR) is 51.6 cm³/mol. The topological polar surface area (TPSA) is 32.9 Å². The first-order chi connectivity index (χ1) is 6.37. The number of carbonyl (C=O) groups excluding carboxylic acids is 1. The molecule has 2 nitrogen and oxygen atoms in total. The maximum absolute atomic E-state index is 11.2. The van der Waals surface area contributed by atoms with Crippen LogP contribution in [0.2, 0.25) is 0 Å². The molecule has 1 aromatic rings. The van der Waals surface area contributed by atoms with E-state index in [-0.39, 0.29) is 5.41 Å². The number of hydrogen-bond donors (Lipinski definition) is 1. The number of aromatic nitrogens is 1. The van der Waals surface area contributed by atoms with Crippen LogP contribution in [0.1, 0.15) is 37.8 Å². The van der Waals surface area contributed by atoms with Gasteiger partial charge in [0.15, 0.2) is 0 Å². The molecule has 0 spiro atoms. The van der Waals surface area contributed by atoms with Crippen molar-refractivity contribution in [3.8, 4) is 0 Å². The lowest BCUT2D eigenvalue weighted by molar-refractivity contribution is -0.113. The van der Waals surface area contributed by atoms with Crippen LogP contribution in [0.25, 0.3) is 0 Å². The third kappa shape index (κ3) is 1.41. The van der Waals surface area contributed by atoms with Gasteiger partial charge in [0.1, 0.15) is 6.29 Å². The molecular weight excluding hydrogens is 162 g/mol. The van der Waals surface area contributed by atoms with Gasteiger partial charge in [-0.3, -0.25) is 0 Å². The summed E-state index contributed by atoms with van der Waals surface area (Å²) in [5, 5.41) is 0. The molecule has 1 fully saturated rings. The highest BCUT2D eigenvalue weighted by atomic mass is 16.1. The summed E-state index contributed by atoms with van der Waals surface area (Å²) in [5.74, 6) is 0. The molecule has 0 radical (unpaired) electrons. The molecule has 1 heterocycles. The van der Waals surface area contributed by atoms with Gasteiger partial charge >= 0.3 is 0 Å². The molecule has 1 aliphatic rings. The second-order valence-corrected chi connectivity index (χ2v) is 3.92. The minimum atomic E-state index is -0.193. The predicted octanol–water partition coefficient (Wildman–Crippen LogP) is 2.42. The number of nitrogens with one attached hydrogen (secondary N) is 1. The van der Waals surface area contributed by atoms with Crippen molar-refractivity contribution >= 4 is 6.29 Å². The van der Waals surface area contributed by atoms with Gasteiger partial charge < -0.3 is 9.78 Å². The van der Waals surface area contributed by atoms with E-state index in [2.05, 4.69) is 4.98 Å². The van der Waals surface area contributed by atoms with Crippen molar-refractivity contribution in [2.24, 2.45) is 0 Å². The summed E-state index contributed by atoms with van der Waals surface area (Å²) in [6.07, 6.45) is 8.69. The zero-order chi connectivity index (χ0) is 9.15. The molecule has 2 rings (SSSR count). The molecule has 1 aromatic heterocycles. The minimum absolute atomic E-state index is 0.193. The van der Waals surface area contributed by atoms with E-state index in [0.717, 1.165) is 24.8 Å². The molecule has 0 aromatic carbocycles. The maximum atomic E-state index is 11.2. The molecule has 0 amide bonds. The van der Waals surface area contributed by atoms with Gasteiger partial charge in [0.25, 0.3) is 0 Å². The Morgan fingerprint density at radius 2 is 2.08 bits per heavy atom. The molecule has 2 heteroatoms. The van der Waals surface area contributed by atoms with E-state index in [0.29, 0.717) is 0 Å². The minimum Gasteiger partial charge on any atom is -0.364 e. The number of rotatable bonds is 2. The van der Waals surface area contributed by atoms with E-state index in [1.54, 1.807) is 0 Å². The van der Waals surface area contributed by atoms with Crippen LogP contribution < -0.4 is 0 Å². The van der Waals surface area contributed by atoms with Crippen molar-refractivity contribution < 1.29 is 4.79 Å². The lowest BCUT2D eigenvalue weighted by Gasteiger charge is -2.31. The van der Waals surface area contributed by atoms with Gasteiger partial charge in [-0.15, -0.1) is 0 Å². The fourth-order valence-corrected chi connectivity index (χ4v) is 2.27. The van der Waals surface area contributed by atoms with Crippen LogP contribution >= 0.6 is 0 Å². The first-order valence-electron chi connectivity index (χ1n) is 4.98. The normalized spacial score (nSPS) is 21.2. The summed E-state index contributed by atoms with van der Waals surface area (Å²) in [4.78, 5) is 14.3. The van der Waals surface area contributed by atoms with E-state index in [1.165, 1.54) is 19.3 Å². The van der Waals surface area contributed by atoms with Crippen molar-refractivity contribution in [1.82, 2.24) is 4.98 Å². The fourth-order valence-electron chi connectivity index (χ4n) is 2.27. The Balaban J connectivity index is 2.28. The Morgan fingerprint density at radius 1 is 1.31 bits per heavy atom. The highest BCUT2D eigenvalue weighted by molar-refractivity contribution is 5.67. The molecule has 1 aliphatic carbocycles. The van der Waals surface area contributed by atoms with Gasteiger partial charge in [-0.2, -0.15) is 0 Å². The fraction of sp³-hybridized carbons (Fsp3) is 0.545. The number of hydrogen-bond acceptors (Lipinski definition) is 1. The summed E-state index contributed by atoms with van der Waals surface area (Å²) in [6.45, 7) is 0. The maximum Gasteiger partial charge on any atom is 0.132 e. The van der Waals surface area contributed by atoms with Crippen molar-refractivity contribution in [2.75, 3.05) is 0 Å². The molecule has 1 N–H and O–H groups in total. The second kappa shape index (κ2) is 3.36. The monoisotopic (exact) mass is 177 g/mol. The number of carbonyl (C=O) groups is 1. The molecule has 0 unspecified atom stereocenters. The van der Waals surface area contributed by atoms with E-state index in [9.17, 15) is 4.79 Å². The third-order valence-corrected chi connectivity index (χ3v) is 3.11.